The SMILES string of the molecule is COc1cc(C)c(S(=O)(=O)N(C)CCOCC(=O)N2CCn3c(CN(C)C)ccc3C2c2ccccc2)c(C)c1C. The molecule has 222 valence electrons. The normalized spacial score (nSPS) is 15.4. The van der Waals surface area contributed by atoms with Gasteiger partial charge in [0.1, 0.15) is 12.4 Å². The molecule has 1 atom stereocenters. The highest BCUT2D eigenvalue weighted by molar-refractivity contribution is 7.89. The molecule has 1 aromatic heterocycles. The lowest BCUT2D eigenvalue weighted by molar-refractivity contribution is -0.139. The summed E-state index contributed by atoms with van der Waals surface area (Å²) in [6.45, 7) is 7.61. The molecule has 10 heteroatoms. The van der Waals surface area contributed by atoms with Gasteiger partial charge in [0.05, 0.1) is 24.7 Å². The number of aromatic nitrogens is 1. The van der Waals surface area contributed by atoms with Crippen molar-refractivity contribution < 1.29 is 22.7 Å². The molecule has 0 aliphatic carbocycles. The van der Waals surface area contributed by atoms with Gasteiger partial charge < -0.3 is 23.8 Å². The van der Waals surface area contributed by atoms with Gasteiger partial charge in [-0.25, -0.2) is 8.42 Å². The lowest BCUT2D eigenvalue weighted by atomic mass is 10.00. The first-order valence-electron chi connectivity index (χ1n) is 13.8. The molecule has 0 saturated heterocycles. The standard InChI is InChI=1S/C31H42N4O5S/c1-22-19-28(39-7)23(2)24(3)31(22)41(37,38)33(6)17-18-40-21-29(36)35-16-15-34-26(20-32(4)5)13-14-27(34)30(35)25-11-9-8-10-12-25/h8-14,19,30H,15-18,20-21H2,1-7H3. The quantitative estimate of drug-likeness (QED) is 0.320. The number of rotatable bonds is 11. The zero-order valence-corrected chi connectivity index (χ0v) is 26.0. The van der Waals surface area contributed by atoms with Crippen molar-refractivity contribution in [2.24, 2.45) is 0 Å². The largest absolute Gasteiger partial charge is 0.496 e. The summed E-state index contributed by atoms with van der Waals surface area (Å²) in [7, 11) is 3.45. The predicted molar refractivity (Wildman–Crippen MR) is 160 cm³/mol. The molecule has 1 unspecified atom stereocenters. The van der Waals surface area contributed by atoms with Crippen LogP contribution in [0.15, 0.2) is 53.4 Å². The molecular weight excluding hydrogens is 540 g/mol. The van der Waals surface area contributed by atoms with Gasteiger partial charge in [-0.2, -0.15) is 4.31 Å². The van der Waals surface area contributed by atoms with Crippen LogP contribution in [0.25, 0.3) is 0 Å². The Bertz CT molecular complexity index is 1480. The Hall–Kier alpha value is -3.18. The third kappa shape index (κ3) is 6.35. The Morgan fingerprint density at radius 3 is 2.37 bits per heavy atom. The van der Waals surface area contributed by atoms with Crippen molar-refractivity contribution in [1.82, 2.24) is 18.7 Å². The molecule has 0 fully saturated rings. The van der Waals surface area contributed by atoms with Crippen molar-refractivity contribution in [3.8, 4) is 5.75 Å². The molecule has 2 heterocycles. The van der Waals surface area contributed by atoms with Gasteiger partial charge in [-0.05, 0) is 75.3 Å². The number of likely N-dealkylation sites (N-methyl/N-ethyl adjacent to an activating group) is 1. The van der Waals surface area contributed by atoms with Crippen molar-refractivity contribution in [1.29, 1.82) is 0 Å². The highest BCUT2D eigenvalue weighted by Crippen LogP contribution is 2.34. The minimum absolute atomic E-state index is 0.0991. The molecule has 1 aliphatic rings. The summed E-state index contributed by atoms with van der Waals surface area (Å²) >= 11 is 0. The number of ether oxygens (including phenoxy) is 2. The van der Waals surface area contributed by atoms with Crippen molar-refractivity contribution in [3.63, 3.8) is 0 Å². The Balaban J connectivity index is 1.43. The van der Waals surface area contributed by atoms with E-state index in [0.29, 0.717) is 30.0 Å². The molecule has 0 bridgehead atoms. The molecule has 4 rings (SSSR count). The first-order valence-corrected chi connectivity index (χ1v) is 15.3. The Labute approximate surface area is 244 Å². The Morgan fingerprint density at radius 2 is 1.71 bits per heavy atom. The van der Waals surface area contributed by atoms with Crippen molar-refractivity contribution >= 4 is 15.9 Å². The number of hydrogen-bond acceptors (Lipinski definition) is 6. The summed E-state index contributed by atoms with van der Waals surface area (Å²) in [6, 6.07) is 15.8. The van der Waals surface area contributed by atoms with Gasteiger partial charge in [0, 0.05) is 44.6 Å². The Kier molecular flexibility index (Phi) is 9.59. The molecule has 1 amide bonds. The third-order valence-electron chi connectivity index (χ3n) is 7.82. The zero-order chi connectivity index (χ0) is 29.9. The molecule has 41 heavy (non-hydrogen) atoms. The first kappa shape index (κ1) is 30.8. The lowest BCUT2D eigenvalue weighted by Gasteiger charge is -2.38. The molecule has 0 spiro atoms. The van der Waals surface area contributed by atoms with E-state index < -0.39 is 10.0 Å². The number of sulfonamides is 1. The number of benzene rings is 2. The summed E-state index contributed by atoms with van der Waals surface area (Å²) < 4.78 is 41.6. The van der Waals surface area contributed by atoms with Crippen LogP contribution in [0.4, 0.5) is 0 Å². The topological polar surface area (TPSA) is 84.3 Å². The Morgan fingerprint density at radius 1 is 1.00 bits per heavy atom. The summed E-state index contributed by atoms with van der Waals surface area (Å²) in [5.41, 5.74) is 5.43. The molecule has 0 N–H and O–H groups in total. The number of methoxy groups -OCH3 is 1. The number of amides is 1. The van der Waals surface area contributed by atoms with Gasteiger partial charge in [-0.3, -0.25) is 4.79 Å². The maximum atomic E-state index is 13.5. The van der Waals surface area contributed by atoms with Crippen LogP contribution in [0, 0.1) is 20.8 Å². The minimum Gasteiger partial charge on any atom is -0.496 e. The maximum Gasteiger partial charge on any atom is 0.249 e. The van der Waals surface area contributed by atoms with E-state index >= 15 is 0 Å². The van der Waals surface area contributed by atoms with Gasteiger partial charge in [0.2, 0.25) is 15.9 Å². The van der Waals surface area contributed by atoms with Crippen LogP contribution >= 0.6 is 0 Å². The molecule has 0 radical (unpaired) electrons. The monoisotopic (exact) mass is 582 g/mol. The zero-order valence-electron chi connectivity index (χ0n) is 25.2. The van der Waals surface area contributed by atoms with Gasteiger partial charge in [0.15, 0.2) is 0 Å². The maximum absolute atomic E-state index is 13.5. The highest BCUT2D eigenvalue weighted by atomic mass is 32.2. The number of hydrogen-bond donors (Lipinski definition) is 0. The fraction of sp³-hybridized carbons (Fsp3) is 0.452. The third-order valence-corrected chi connectivity index (χ3v) is 9.97. The molecular formula is C31H42N4O5S. The van der Waals surface area contributed by atoms with Crippen LogP contribution < -0.4 is 4.74 Å². The number of aryl methyl sites for hydroxylation is 1. The van der Waals surface area contributed by atoms with Crippen LogP contribution in [0.5, 0.6) is 5.75 Å². The van der Waals surface area contributed by atoms with Crippen LogP contribution in [-0.4, -0.2) is 87.6 Å². The second-order valence-corrected chi connectivity index (χ2v) is 12.9. The van der Waals surface area contributed by atoms with Crippen molar-refractivity contribution in [3.05, 3.63) is 82.2 Å². The van der Waals surface area contributed by atoms with Gasteiger partial charge >= 0.3 is 0 Å². The van der Waals surface area contributed by atoms with Gasteiger partial charge in [-0.1, -0.05) is 30.3 Å². The van der Waals surface area contributed by atoms with Gasteiger partial charge in [-0.15, -0.1) is 0 Å². The number of nitrogens with zero attached hydrogens (tertiary/aromatic N) is 4. The second-order valence-electron chi connectivity index (χ2n) is 10.9. The smallest absolute Gasteiger partial charge is 0.249 e. The average molecular weight is 583 g/mol. The lowest BCUT2D eigenvalue weighted by Crippen LogP contribution is -2.44. The molecule has 9 nitrogen and oxygen atoms in total. The van der Waals surface area contributed by atoms with E-state index in [1.807, 2.05) is 56.3 Å². The van der Waals surface area contributed by atoms with E-state index in [1.165, 1.54) is 17.0 Å². The van der Waals surface area contributed by atoms with Gasteiger partial charge in [0.25, 0.3) is 0 Å². The molecule has 3 aromatic rings. The van der Waals surface area contributed by atoms with E-state index in [0.717, 1.165) is 23.4 Å². The summed E-state index contributed by atoms with van der Waals surface area (Å²) in [5.74, 6) is 0.541. The van der Waals surface area contributed by atoms with Crippen molar-refractivity contribution in [2.45, 2.75) is 44.8 Å². The van der Waals surface area contributed by atoms with E-state index in [2.05, 4.69) is 21.6 Å². The van der Waals surface area contributed by atoms with E-state index in [4.69, 9.17) is 9.47 Å². The molecule has 1 aliphatic heterocycles. The fourth-order valence-corrected chi connectivity index (χ4v) is 7.23. The number of fused-ring (bicyclic) bond motifs is 1. The fourth-order valence-electron chi connectivity index (χ4n) is 5.59. The van der Waals surface area contributed by atoms with Crippen molar-refractivity contribution in [2.75, 3.05) is 54.6 Å². The van der Waals surface area contributed by atoms with E-state index in [9.17, 15) is 13.2 Å². The van der Waals surface area contributed by atoms with E-state index in [1.54, 1.807) is 27.0 Å². The number of carbonyl (C=O) groups is 1. The van der Waals surface area contributed by atoms with Crippen LogP contribution in [0.1, 0.15) is 39.7 Å². The first-order chi connectivity index (χ1) is 19.5. The second kappa shape index (κ2) is 12.8. The van der Waals surface area contributed by atoms with Crippen LogP contribution in [0.3, 0.4) is 0 Å². The summed E-state index contributed by atoms with van der Waals surface area (Å²) in [6.07, 6.45) is 0. The summed E-state index contributed by atoms with van der Waals surface area (Å²) in [5, 5.41) is 0. The average Bonchev–Trinajstić information content (AvgIpc) is 3.34. The van der Waals surface area contributed by atoms with Crippen LogP contribution in [0.2, 0.25) is 0 Å². The highest BCUT2D eigenvalue weighted by Gasteiger charge is 2.33. The molecule has 2 aromatic carbocycles. The molecule has 0 saturated carbocycles. The van der Waals surface area contributed by atoms with E-state index in [-0.39, 0.29) is 36.6 Å². The van der Waals surface area contributed by atoms with Crippen LogP contribution in [-0.2, 0) is 32.6 Å². The summed E-state index contributed by atoms with van der Waals surface area (Å²) in [4.78, 5) is 17.8. The predicted octanol–water partition coefficient (Wildman–Crippen LogP) is 3.75. The number of carbonyl (C=O) groups excluding carboxylic acids is 1. The minimum atomic E-state index is -3.76.